The van der Waals surface area contributed by atoms with Crippen LogP contribution in [0.25, 0.3) is 11.2 Å². The van der Waals surface area contributed by atoms with Crippen LogP contribution in [0.1, 0.15) is 18.4 Å². The molecule has 0 unspecified atom stereocenters. The third-order valence-corrected chi connectivity index (χ3v) is 4.88. The number of fused-ring (bicyclic) bond motifs is 1. The van der Waals surface area contributed by atoms with Crippen molar-refractivity contribution in [2.24, 2.45) is 5.92 Å². The minimum Gasteiger partial charge on any atom is -0.369 e. The number of halogens is 1. The van der Waals surface area contributed by atoms with Gasteiger partial charge in [-0.1, -0.05) is 18.2 Å². The maximum absolute atomic E-state index is 13.7. The van der Waals surface area contributed by atoms with Gasteiger partial charge < -0.3 is 10.2 Å². The molecule has 1 amide bonds. The van der Waals surface area contributed by atoms with Crippen LogP contribution in [-0.4, -0.2) is 33.9 Å². The minimum atomic E-state index is -0.300. The van der Waals surface area contributed by atoms with Crippen LogP contribution >= 0.6 is 0 Å². The topological polar surface area (TPSA) is 71.0 Å². The maximum atomic E-state index is 13.7. The molecule has 27 heavy (non-hydrogen) atoms. The van der Waals surface area contributed by atoms with Crippen molar-refractivity contribution >= 4 is 22.8 Å². The number of aromatic nitrogens is 3. The van der Waals surface area contributed by atoms with Gasteiger partial charge in [-0.2, -0.15) is 0 Å². The molecule has 1 atom stereocenters. The molecule has 4 rings (SSSR count). The molecule has 0 aliphatic carbocycles. The Morgan fingerprint density at radius 2 is 2.07 bits per heavy atom. The first-order valence-electron chi connectivity index (χ1n) is 9.03. The second kappa shape index (κ2) is 7.65. The molecule has 0 bridgehead atoms. The van der Waals surface area contributed by atoms with Crippen molar-refractivity contribution < 1.29 is 9.18 Å². The number of hydrogen-bond donors (Lipinski definition) is 1. The molecule has 2 aromatic heterocycles. The zero-order valence-corrected chi connectivity index (χ0v) is 14.8. The van der Waals surface area contributed by atoms with E-state index in [4.69, 9.17) is 0 Å². The van der Waals surface area contributed by atoms with Crippen molar-refractivity contribution in [3.63, 3.8) is 0 Å². The van der Waals surface area contributed by atoms with Crippen LogP contribution in [0.15, 0.2) is 48.9 Å². The summed E-state index contributed by atoms with van der Waals surface area (Å²) in [6.45, 7) is 1.68. The second-order valence-electron chi connectivity index (χ2n) is 6.69. The van der Waals surface area contributed by atoms with Crippen LogP contribution < -0.4 is 10.2 Å². The van der Waals surface area contributed by atoms with Gasteiger partial charge in [0, 0.05) is 37.6 Å². The van der Waals surface area contributed by atoms with Gasteiger partial charge in [-0.3, -0.25) is 9.78 Å². The summed E-state index contributed by atoms with van der Waals surface area (Å²) in [5.74, 6) is -0.481. The minimum absolute atomic E-state index is 0.0449. The highest BCUT2D eigenvalue weighted by Crippen LogP contribution is 2.24. The van der Waals surface area contributed by atoms with E-state index >= 15 is 0 Å². The normalized spacial score (nSPS) is 17.1. The molecule has 138 valence electrons. The largest absolute Gasteiger partial charge is 0.369 e. The van der Waals surface area contributed by atoms with Gasteiger partial charge in [-0.15, -0.1) is 0 Å². The molecule has 3 heterocycles. The van der Waals surface area contributed by atoms with Gasteiger partial charge in [-0.25, -0.2) is 14.4 Å². The van der Waals surface area contributed by atoms with Crippen molar-refractivity contribution in [2.45, 2.75) is 19.4 Å². The van der Waals surface area contributed by atoms with Gasteiger partial charge >= 0.3 is 0 Å². The first-order valence-corrected chi connectivity index (χ1v) is 9.03. The van der Waals surface area contributed by atoms with E-state index in [2.05, 4.69) is 25.2 Å². The molecule has 0 saturated carbocycles. The molecule has 1 fully saturated rings. The van der Waals surface area contributed by atoms with Crippen molar-refractivity contribution in [1.29, 1.82) is 0 Å². The van der Waals surface area contributed by atoms with Crippen LogP contribution in [0.3, 0.4) is 0 Å². The third-order valence-electron chi connectivity index (χ3n) is 4.88. The van der Waals surface area contributed by atoms with Crippen LogP contribution in [0.2, 0.25) is 0 Å². The molecule has 7 heteroatoms. The smallest absolute Gasteiger partial charge is 0.225 e. The lowest BCUT2D eigenvalue weighted by atomic mass is 9.96. The predicted molar refractivity (Wildman–Crippen MR) is 101 cm³/mol. The molecular weight excluding hydrogens is 345 g/mol. The van der Waals surface area contributed by atoms with Crippen molar-refractivity contribution in [1.82, 2.24) is 20.3 Å². The number of piperidine rings is 1. The van der Waals surface area contributed by atoms with Gasteiger partial charge in [0.25, 0.3) is 0 Å². The number of anilines is 1. The lowest BCUT2D eigenvalue weighted by Crippen LogP contribution is -2.43. The van der Waals surface area contributed by atoms with E-state index in [0.29, 0.717) is 17.8 Å². The molecular formula is C20H20FN5O. The summed E-state index contributed by atoms with van der Waals surface area (Å²) in [5.41, 5.74) is 2.78. The highest BCUT2D eigenvalue weighted by molar-refractivity contribution is 5.80. The predicted octanol–water partition coefficient (Wildman–Crippen LogP) is 2.70. The van der Waals surface area contributed by atoms with E-state index in [-0.39, 0.29) is 24.2 Å². The Morgan fingerprint density at radius 1 is 1.22 bits per heavy atom. The first-order chi connectivity index (χ1) is 13.2. The van der Waals surface area contributed by atoms with E-state index in [0.717, 1.165) is 30.6 Å². The average molecular weight is 365 g/mol. The van der Waals surface area contributed by atoms with Crippen LogP contribution in [0.4, 0.5) is 10.1 Å². The zero-order chi connectivity index (χ0) is 18.6. The number of pyridine rings is 1. The molecule has 0 spiro atoms. The van der Waals surface area contributed by atoms with Gasteiger partial charge in [0.15, 0.2) is 5.65 Å². The molecule has 1 aliphatic rings. The standard InChI is InChI=1S/C20H20FN5O/c21-17-6-2-1-4-14(17)11-25-20(27)15-5-3-9-26(13-15)16-10-18-19(24-12-16)23-8-7-22-18/h1-2,4,6-8,10,12,15H,3,5,9,11,13H2,(H,25,27)/t15-/m0/s1. The number of hydrogen-bond acceptors (Lipinski definition) is 5. The number of carbonyl (C=O) groups excluding carboxylic acids is 1. The Labute approximate surface area is 156 Å². The quantitative estimate of drug-likeness (QED) is 0.770. The molecule has 1 N–H and O–H groups in total. The van der Waals surface area contributed by atoms with Crippen LogP contribution in [0.5, 0.6) is 0 Å². The van der Waals surface area contributed by atoms with Gasteiger partial charge in [0.1, 0.15) is 11.3 Å². The molecule has 3 aromatic rings. The Kier molecular flexibility index (Phi) is 4.91. The Morgan fingerprint density at radius 3 is 2.96 bits per heavy atom. The molecule has 0 radical (unpaired) electrons. The summed E-state index contributed by atoms with van der Waals surface area (Å²) in [7, 11) is 0. The van der Waals surface area contributed by atoms with E-state index in [1.807, 2.05) is 6.07 Å². The van der Waals surface area contributed by atoms with Gasteiger partial charge in [0.05, 0.1) is 17.8 Å². The number of nitrogens with one attached hydrogen (secondary N) is 1. The lowest BCUT2D eigenvalue weighted by Gasteiger charge is -2.33. The molecule has 6 nitrogen and oxygen atoms in total. The second-order valence-corrected chi connectivity index (χ2v) is 6.69. The van der Waals surface area contributed by atoms with Crippen LogP contribution in [-0.2, 0) is 11.3 Å². The zero-order valence-electron chi connectivity index (χ0n) is 14.8. The summed E-state index contributed by atoms with van der Waals surface area (Å²) < 4.78 is 13.7. The molecule has 1 aliphatic heterocycles. The van der Waals surface area contributed by atoms with Gasteiger partial charge in [-0.05, 0) is 25.0 Å². The van der Waals surface area contributed by atoms with Crippen LogP contribution in [0, 0.1) is 11.7 Å². The van der Waals surface area contributed by atoms with E-state index in [9.17, 15) is 9.18 Å². The number of benzene rings is 1. The average Bonchev–Trinajstić information content (AvgIpc) is 2.72. The Bertz CT molecular complexity index is 964. The Hall–Kier alpha value is -3.09. The first kappa shape index (κ1) is 17.3. The number of nitrogens with zero attached hydrogens (tertiary/aromatic N) is 4. The number of amides is 1. The van der Waals surface area contributed by atoms with Crippen molar-refractivity contribution in [2.75, 3.05) is 18.0 Å². The summed E-state index contributed by atoms with van der Waals surface area (Å²) >= 11 is 0. The SMILES string of the molecule is O=C(NCc1ccccc1F)[C@H]1CCCN(c2cnc3nccnc3c2)C1. The van der Waals surface area contributed by atoms with E-state index in [1.165, 1.54) is 6.07 Å². The molecule has 1 saturated heterocycles. The summed E-state index contributed by atoms with van der Waals surface area (Å²) in [4.78, 5) is 27.6. The summed E-state index contributed by atoms with van der Waals surface area (Å²) in [6, 6.07) is 8.45. The van der Waals surface area contributed by atoms with E-state index in [1.54, 1.807) is 36.8 Å². The Balaban J connectivity index is 1.42. The highest BCUT2D eigenvalue weighted by atomic mass is 19.1. The fraction of sp³-hybridized carbons (Fsp3) is 0.300. The monoisotopic (exact) mass is 365 g/mol. The van der Waals surface area contributed by atoms with E-state index < -0.39 is 0 Å². The third kappa shape index (κ3) is 3.86. The van der Waals surface area contributed by atoms with Gasteiger partial charge in [0.2, 0.25) is 5.91 Å². The fourth-order valence-corrected chi connectivity index (χ4v) is 3.41. The van der Waals surface area contributed by atoms with Crippen molar-refractivity contribution in [3.05, 3.63) is 60.3 Å². The highest BCUT2D eigenvalue weighted by Gasteiger charge is 2.26. The summed E-state index contributed by atoms with van der Waals surface area (Å²) in [6.07, 6.45) is 6.77. The number of rotatable bonds is 4. The molecule has 1 aromatic carbocycles. The maximum Gasteiger partial charge on any atom is 0.225 e. The number of carbonyl (C=O) groups is 1. The summed E-state index contributed by atoms with van der Waals surface area (Å²) in [5, 5.41) is 2.87. The lowest BCUT2D eigenvalue weighted by molar-refractivity contribution is -0.125. The van der Waals surface area contributed by atoms with Crippen molar-refractivity contribution in [3.8, 4) is 0 Å². The fourth-order valence-electron chi connectivity index (χ4n) is 3.41.